The van der Waals surface area contributed by atoms with Gasteiger partial charge in [-0.15, -0.1) is 11.3 Å². The Morgan fingerprint density at radius 2 is 2.04 bits per heavy atom. The standard InChI is InChI=1S/C20H10Cl2N2O2S/c21-13-3-5-15(16(22)9-13)18-6-4-14(26-18)8-12(10-23)20-24-17(11-27-20)19-2-1-7-25-19/h1-9,11H/b12-8+. The van der Waals surface area contributed by atoms with Gasteiger partial charge in [0.1, 0.15) is 28.3 Å². The topological polar surface area (TPSA) is 63.0 Å². The molecule has 0 bridgehead atoms. The van der Waals surface area contributed by atoms with Gasteiger partial charge in [0, 0.05) is 22.0 Å². The zero-order chi connectivity index (χ0) is 18.8. The van der Waals surface area contributed by atoms with Gasteiger partial charge in [0.25, 0.3) is 0 Å². The first-order valence-electron chi connectivity index (χ1n) is 7.81. The van der Waals surface area contributed by atoms with Crippen LogP contribution in [0.5, 0.6) is 0 Å². The van der Waals surface area contributed by atoms with Gasteiger partial charge < -0.3 is 8.83 Å². The number of hydrogen-bond donors (Lipinski definition) is 0. The quantitative estimate of drug-likeness (QED) is 0.337. The molecule has 7 heteroatoms. The van der Waals surface area contributed by atoms with E-state index in [1.165, 1.54) is 11.3 Å². The first-order chi connectivity index (χ1) is 13.1. The van der Waals surface area contributed by atoms with Crippen LogP contribution >= 0.6 is 34.5 Å². The lowest BCUT2D eigenvalue weighted by Gasteiger charge is -2.00. The van der Waals surface area contributed by atoms with Gasteiger partial charge in [-0.2, -0.15) is 5.26 Å². The molecule has 0 atom stereocenters. The van der Waals surface area contributed by atoms with Gasteiger partial charge in [-0.05, 0) is 42.5 Å². The predicted molar refractivity (Wildman–Crippen MR) is 107 cm³/mol. The van der Waals surface area contributed by atoms with Crippen molar-refractivity contribution in [3.63, 3.8) is 0 Å². The predicted octanol–water partition coefficient (Wildman–Crippen LogP) is 7.03. The molecule has 27 heavy (non-hydrogen) atoms. The number of nitrogens with zero attached hydrogens (tertiary/aromatic N) is 2. The summed E-state index contributed by atoms with van der Waals surface area (Å²) in [5, 5.41) is 13.0. The van der Waals surface area contributed by atoms with E-state index >= 15 is 0 Å². The molecule has 0 aliphatic carbocycles. The van der Waals surface area contributed by atoms with Crippen molar-refractivity contribution in [1.82, 2.24) is 4.98 Å². The smallest absolute Gasteiger partial charge is 0.153 e. The van der Waals surface area contributed by atoms with E-state index < -0.39 is 0 Å². The first-order valence-corrected chi connectivity index (χ1v) is 9.44. The Morgan fingerprint density at radius 1 is 1.15 bits per heavy atom. The highest BCUT2D eigenvalue weighted by molar-refractivity contribution is 7.11. The molecule has 4 nitrogen and oxygen atoms in total. The molecule has 3 aromatic heterocycles. The first kappa shape index (κ1) is 17.6. The molecule has 4 rings (SSSR count). The second-order valence-electron chi connectivity index (χ2n) is 5.51. The van der Waals surface area contributed by atoms with Crippen LogP contribution in [0.4, 0.5) is 0 Å². The average Bonchev–Trinajstić information content (AvgIpc) is 3.40. The summed E-state index contributed by atoms with van der Waals surface area (Å²) >= 11 is 13.5. The van der Waals surface area contributed by atoms with Crippen LogP contribution in [0.25, 0.3) is 34.4 Å². The largest absolute Gasteiger partial charge is 0.463 e. The van der Waals surface area contributed by atoms with E-state index in [-0.39, 0.29) is 0 Å². The number of benzene rings is 1. The van der Waals surface area contributed by atoms with E-state index in [9.17, 15) is 5.26 Å². The van der Waals surface area contributed by atoms with Crippen molar-refractivity contribution in [3.05, 3.63) is 74.9 Å². The molecule has 0 radical (unpaired) electrons. The molecule has 0 saturated carbocycles. The molecule has 132 valence electrons. The summed E-state index contributed by atoms with van der Waals surface area (Å²) in [5.41, 5.74) is 1.82. The Morgan fingerprint density at radius 3 is 2.78 bits per heavy atom. The highest BCUT2D eigenvalue weighted by Gasteiger charge is 2.13. The van der Waals surface area contributed by atoms with Crippen molar-refractivity contribution in [2.75, 3.05) is 0 Å². The van der Waals surface area contributed by atoms with Gasteiger partial charge in [-0.3, -0.25) is 0 Å². The molecule has 0 fully saturated rings. The maximum atomic E-state index is 9.53. The van der Waals surface area contributed by atoms with Crippen LogP contribution in [-0.4, -0.2) is 4.98 Å². The fourth-order valence-electron chi connectivity index (χ4n) is 2.48. The molecule has 1 aromatic carbocycles. The maximum absolute atomic E-state index is 9.53. The van der Waals surface area contributed by atoms with Gasteiger partial charge in [0.2, 0.25) is 0 Å². The van der Waals surface area contributed by atoms with Crippen molar-refractivity contribution in [1.29, 1.82) is 5.26 Å². The molecule has 0 N–H and O–H groups in total. The molecule has 0 amide bonds. The van der Waals surface area contributed by atoms with Crippen molar-refractivity contribution < 1.29 is 8.83 Å². The molecule has 0 unspecified atom stereocenters. The summed E-state index contributed by atoms with van der Waals surface area (Å²) in [5.74, 6) is 1.78. The number of furan rings is 2. The molecule has 0 spiro atoms. The van der Waals surface area contributed by atoms with Crippen LogP contribution < -0.4 is 0 Å². The average molecular weight is 413 g/mol. The lowest BCUT2D eigenvalue weighted by Crippen LogP contribution is -1.81. The van der Waals surface area contributed by atoms with Crippen LogP contribution in [0, 0.1) is 11.3 Å². The third-order valence-corrected chi connectivity index (χ3v) is 5.16. The highest BCUT2D eigenvalue weighted by Crippen LogP contribution is 2.33. The van der Waals surface area contributed by atoms with Crippen molar-refractivity contribution in [2.45, 2.75) is 0 Å². The van der Waals surface area contributed by atoms with E-state index in [4.69, 9.17) is 32.0 Å². The van der Waals surface area contributed by atoms with Crippen molar-refractivity contribution >= 4 is 46.2 Å². The number of halogens is 2. The van der Waals surface area contributed by atoms with Crippen LogP contribution in [0.2, 0.25) is 10.0 Å². The normalized spacial score (nSPS) is 11.5. The molecule has 4 aromatic rings. The molecular weight excluding hydrogens is 403 g/mol. The number of nitriles is 1. The summed E-state index contributed by atoms with van der Waals surface area (Å²) < 4.78 is 11.2. The van der Waals surface area contributed by atoms with E-state index in [2.05, 4.69) is 11.1 Å². The van der Waals surface area contributed by atoms with E-state index in [0.717, 1.165) is 5.56 Å². The van der Waals surface area contributed by atoms with Crippen molar-refractivity contribution in [3.8, 4) is 28.8 Å². The summed E-state index contributed by atoms with van der Waals surface area (Å²) in [7, 11) is 0. The third-order valence-electron chi connectivity index (χ3n) is 3.74. The summed E-state index contributed by atoms with van der Waals surface area (Å²) in [6.45, 7) is 0. The molecular formula is C20H10Cl2N2O2S. The molecule has 0 saturated heterocycles. The highest BCUT2D eigenvalue weighted by atomic mass is 35.5. The number of thiazole rings is 1. The van der Waals surface area contributed by atoms with Gasteiger partial charge >= 0.3 is 0 Å². The van der Waals surface area contributed by atoms with Crippen molar-refractivity contribution in [2.24, 2.45) is 0 Å². The van der Waals surface area contributed by atoms with E-state index in [1.807, 2.05) is 11.4 Å². The lowest BCUT2D eigenvalue weighted by molar-refractivity contribution is 0.572. The zero-order valence-corrected chi connectivity index (χ0v) is 16.0. The van der Waals surface area contributed by atoms with Crippen LogP contribution in [0.1, 0.15) is 10.8 Å². The van der Waals surface area contributed by atoms with E-state index in [1.54, 1.807) is 48.7 Å². The van der Waals surface area contributed by atoms with Gasteiger partial charge in [0.15, 0.2) is 5.76 Å². The van der Waals surface area contributed by atoms with Crippen LogP contribution in [0.15, 0.2) is 62.9 Å². The summed E-state index contributed by atoms with van der Waals surface area (Å²) in [6.07, 6.45) is 3.24. The van der Waals surface area contributed by atoms with Gasteiger partial charge in [-0.25, -0.2) is 4.98 Å². The Labute approximate surface area is 168 Å². The minimum Gasteiger partial charge on any atom is -0.463 e. The Hall–Kier alpha value is -2.78. The number of rotatable bonds is 4. The number of allylic oxidation sites excluding steroid dienone is 1. The molecule has 3 heterocycles. The van der Waals surface area contributed by atoms with Crippen LogP contribution in [0.3, 0.4) is 0 Å². The zero-order valence-electron chi connectivity index (χ0n) is 13.6. The summed E-state index contributed by atoms with van der Waals surface area (Å²) in [6, 6.07) is 14.5. The number of hydrogen-bond acceptors (Lipinski definition) is 5. The maximum Gasteiger partial charge on any atom is 0.153 e. The summed E-state index contributed by atoms with van der Waals surface area (Å²) in [4.78, 5) is 4.47. The Balaban J connectivity index is 1.64. The fourth-order valence-corrected chi connectivity index (χ4v) is 3.76. The second kappa shape index (κ2) is 7.45. The minimum atomic E-state index is 0.404. The fraction of sp³-hybridized carbons (Fsp3) is 0. The lowest BCUT2D eigenvalue weighted by atomic mass is 10.2. The second-order valence-corrected chi connectivity index (χ2v) is 7.21. The Kier molecular flexibility index (Phi) is 4.87. The van der Waals surface area contributed by atoms with Gasteiger partial charge in [0.05, 0.1) is 16.9 Å². The molecule has 0 aliphatic rings. The molecule has 0 aliphatic heterocycles. The van der Waals surface area contributed by atoms with Gasteiger partial charge in [-0.1, -0.05) is 23.2 Å². The SMILES string of the molecule is N#C/C(=C\c1ccc(-c2ccc(Cl)cc2Cl)o1)c1nc(-c2ccco2)cs1. The van der Waals surface area contributed by atoms with Crippen LogP contribution in [-0.2, 0) is 0 Å². The Bertz CT molecular complexity index is 1170. The minimum absolute atomic E-state index is 0.404. The monoisotopic (exact) mass is 412 g/mol. The third kappa shape index (κ3) is 3.69. The number of aromatic nitrogens is 1. The van der Waals surface area contributed by atoms with E-state index in [0.29, 0.717) is 43.6 Å².